The van der Waals surface area contributed by atoms with Gasteiger partial charge in [-0.15, -0.1) is 11.3 Å². The van der Waals surface area contributed by atoms with Gasteiger partial charge in [0.25, 0.3) is 5.56 Å². The zero-order valence-electron chi connectivity index (χ0n) is 16.7. The van der Waals surface area contributed by atoms with Crippen LogP contribution in [0.25, 0.3) is 21.3 Å². The van der Waals surface area contributed by atoms with Gasteiger partial charge in [-0.2, -0.15) is 13.2 Å². The molecule has 4 rings (SSSR count). The molecule has 2 aromatic heterocycles. The summed E-state index contributed by atoms with van der Waals surface area (Å²) in [6, 6.07) is 17.7. The number of carbonyl (C=O) groups is 1. The summed E-state index contributed by atoms with van der Waals surface area (Å²) >= 11 is 1.30. The van der Waals surface area contributed by atoms with Crippen LogP contribution >= 0.6 is 11.3 Å². The Hall–Kier alpha value is -3.46. The molecule has 0 aliphatic heterocycles. The summed E-state index contributed by atoms with van der Waals surface area (Å²) in [6.45, 7) is -2.15. The molecule has 32 heavy (non-hydrogen) atoms. The van der Waals surface area contributed by atoms with Crippen LogP contribution in [0, 0.1) is 0 Å². The van der Waals surface area contributed by atoms with Gasteiger partial charge in [0.1, 0.15) is 17.9 Å². The Bertz CT molecular complexity index is 1280. The highest BCUT2D eigenvalue weighted by molar-refractivity contribution is 7.17. The number of hydrogen-bond acceptors (Lipinski definition) is 4. The number of carbonyl (C=O) groups excluding carboxylic acids is 1. The summed E-state index contributed by atoms with van der Waals surface area (Å²) in [5.74, 6) is -0.814. The number of fused-ring (bicyclic) bond motifs is 1. The third-order valence-corrected chi connectivity index (χ3v) is 5.78. The first-order valence-electron chi connectivity index (χ1n) is 9.72. The van der Waals surface area contributed by atoms with Gasteiger partial charge in [0.2, 0.25) is 5.91 Å². The molecule has 0 unspecified atom stereocenters. The molecule has 0 aliphatic carbocycles. The lowest BCUT2D eigenvalue weighted by molar-refractivity contribution is -0.162. The second-order valence-electron chi connectivity index (χ2n) is 7.22. The van der Waals surface area contributed by atoms with Crippen molar-refractivity contribution in [2.75, 3.05) is 6.54 Å². The maximum absolute atomic E-state index is 13.1. The van der Waals surface area contributed by atoms with E-state index in [9.17, 15) is 22.8 Å². The van der Waals surface area contributed by atoms with Crippen molar-refractivity contribution in [1.82, 2.24) is 14.5 Å². The van der Waals surface area contributed by atoms with Crippen LogP contribution in [-0.4, -0.2) is 33.1 Å². The summed E-state index contributed by atoms with van der Waals surface area (Å²) in [5.41, 5.74) is 1.61. The van der Waals surface area contributed by atoms with Crippen LogP contribution < -0.4 is 5.56 Å². The van der Waals surface area contributed by atoms with Gasteiger partial charge < -0.3 is 4.90 Å². The average Bonchev–Trinajstić information content (AvgIpc) is 3.20. The summed E-state index contributed by atoms with van der Waals surface area (Å²) < 4.78 is 40.4. The van der Waals surface area contributed by atoms with Crippen molar-refractivity contribution in [3.05, 3.63) is 88.3 Å². The number of alkyl halides is 3. The summed E-state index contributed by atoms with van der Waals surface area (Å²) in [4.78, 5) is 31.4. The Morgan fingerprint density at radius 2 is 1.69 bits per heavy atom. The van der Waals surface area contributed by atoms with Crippen molar-refractivity contribution in [2.45, 2.75) is 19.3 Å². The molecule has 0 N–H and O–H groups in total. The fourth-order valence-corrected chi connectivity index (χ4v) is 4.32. The third-order valence-electron chi connectivity index (χ3n) is 4.89. The first-order valence-corrected chi connectivity index (χ1v) is 10.6. The number of rotatable bonds is 6. The number of amides is 1. The van der Waals surface area contributed by atoms with Gasteiger partial charge in [0.05, 0.1) is 11.7 Å². The molecule has 0 aliphatic rings. The summed E-state index contributed by atoms with van der Waals surface area (Å²) in [6.07, 6.45) is -3.35. The molecule has 0 fully saturated rings. The van der Waals surface area contributed by atoms with Crippen LogP contribution in [-0.2, 0) is 17.9 Å². The van der Waals surface area contributed by atoms with Gasteiger partial charge in [-0.05, 0) is 11.1 Å². The fraction of sp³-hybridized carbons (Fsp3) is 0.174. The van der Waals surface area contributed by atoms with Crippen LogP contribution in [0.15, 0.2) is 77.2 Å². The zero-order valence-corrected chi connectivity index (χ0v) is 17.6. The molecule has 0 radical (unpaired) electrons. The fourth-order valence-electron chi connectivity index (χ4n) is 3.41. The highest BCUT2D eigenvalue weighted by Gasteiger charge is 2.33. The van der Waals surface area contributed by atoms with E-state index in [1.54, 1.807) is 30.3 Å². The standard InChI is InChI=1S/C23H18F3N3O2S/c24-23(25,26)14-28(11-16-7-3-1-4-8-16)19(30)12-29-15-27-21-20(22(29)31)18(13-32-21)17-9-5-2-6-10-17/h1-10,13,15H,11-12,14H2. The number of aromatic nitrogens is 2. The Morgan fingerprint density at radius 1 is 1.03 bits per heavy atom. The predicted molar refractivity (Wildman–Crippen MR) is 117 cm³/mol. The number of halogens is 3. The van der Waals surface area contributed by atoms with Crippen LogP contribution in [0.2, 0.25) is 0 Å². The van der Waals surface area contributed by atoms with Crippen LogP contribution in [0.4, 0.5) is 13.2 Å². The maximum atomic E-state index is 13.1. The van der Waals surface area contributed by atoms with Gasteiger partial charge in [0, 0.05) is 17.5 Å². The van der Waals surface area contributed by atoms with Crippen molar-refractivity contribution in [1.29, 1.82) is 0 Å². The predicted octanol–water partition coefficient (Wildman–Crippen LogP) is 4.72. The largest absolute Gasteiger partial charge is 0.406 e. The van der Waals surface area contributed by atoms with Gasteiger partial charge in [-0.25, -0.2) is 4.98 Å². The van der Waals surface area contributed by atoms with E-state index in [1.807, 2.05) is 35.7 Å². The molecule has 2 aromatic carbocycles. The Morgan fingerprint density at radius 3 is 2.34 bits per heavy atom. The second kappa shape index (κ2) is 8.96. The Kier molecular flexibility index (Phi) is 6.09. The number of nitrogens with zero attached hydrogens (tertiary/aromatic N) is 3. The van der Waals surface area contributed by atoms with Crippen molar-refractivity contribution in [3.8, 4) is 11.1 Å². The van der Waals surface area contributed by atoms with Crippen LogP contribution in [0.3, 0.4) is 0 Å². The first-order chi connectivity index (χ1) is 15.3. The molecule has 0 spiro atoms. The summed E-state index contributed by atoms with van der Waals surface area (Å²) in [5, 5.41) is 2.16. The van der Waals surface area contributed by atoms with Gasteiger partial charge in [-0.1, -0.05) is 60.7 Å². The maximum Gasteiger partial charge on any atom is 0.406 e. The van der Waals surface area contributed by atoms with E-state index in [2.05, 4.69) is 4.98 Å². The first kappa shape index (κ1) is 21.8. The van der Waals surface area contributed by atoms with E-state index in [0.29, 0.717) is 26.2 Å². The van der Waals surface area contributed by atoms with E-state index in [4.69, 9.17) is 0 Å². The quantitative estimate of drug-likeness (QED) is 0.421. The Labute approximate surface area is 185 Å². The topological polar surface area (TPSA) is 55.2 Å². The molecule has 4 aromatic rings. The number of benzene rings is 2. The molecule has 164 valence electrons. The minimum atomic E-state index is -4.56. The number of hydrogen-bond donors (Lipinski definition) is 0. The van der Waals surface area contributed by atoms with Crippen LogP contribution in [0.5, 0.6) is 0 Å². The lowest BCUT2D eigenvalue weighted by Crippen LogP contribution is -2.41. The van der Waals surface area contributed by atoms with Crippen LogP contribution in [0.1, 0.15) is 5.56 Å². The summed E-state index contributed by atoms with van der Waals surface area (Å²) in [7, 11) is 0. The van der Waals surface area contributed by atoms with E-state index >= 15 is 0 Å². The normalized spacial score (nSPS) is 11.6. The van der Waals surface area contributed by atoms with Gasteiger partial charge in [0.15, 0.2) is 0 Å². The molecular formula is C23H18F3N3O2S. The smallest absolute Gasteiger partial charge is 0.328 e. The lowest BCUT2D eigenvalue weighted by atomic mass is 10.1. The molecule has 1 amide bonds. The van der Waals surface area contributed by atoms with E-state index in [0.717, 1.165) is 10.1 Å². The molecule has 9 heteroatoms. The average molecular weight is 457 g/mol. The molecule has 0 saturated carbocycles. The molecule has 0 saturated heterocycles. The van der Waals surface area contributed by atoms with Gasteiger partial charge in [-0.3, -0.25) is 14.2 Å². The van der Waals surface area contributed by atoms with Crippen molar-refractivity contribution < 1.29 is 18.0 Å². The van der Waals surface area contributed by atoms with E-state index in [1.165, 1.54) is 17.7 Å². The molecule has 0 bridgehead atoms. The molecule has 2 heterocycles. The van der Waals surface area contributed by atoms with E-state index in [-0.39, 0.29) is 6.54 Å². The van der Waals surface area contributed by atoms with Gasteiger partial charge >= 0.3 is 6.18 Å². The number of thiophene rings is 1. The van der Waals surface area contributed by atoms with Crippen molar-refractivity contribution >= 4 is 27.5 Å². The Balaban J connectivity index is 1.65. The monoisotopic (exact) mass is 457 g/mol. The lowest BCUT2D eigenvalue weighted by Gasteiger charge is -2.24. The van der Waals surface area contributed by atoms with Crippen molar-refractivity contribution in [3.63, 3.8) is 0 Å². The molecular weight excluding hydrogens is 439 g/mol. The third kappa shape index (κ3) is 4.88. The highest BCUT2D eigenvalue weighted by Crippen LogP contribution is 2.30. The zero-order chi connectivity index (χ0) is 22.7. The SMILES string of the molecule is O=C(Cn1cnc2scc(-c3ccccc3)c2c1=O)N(Cc1ccccc1)CC(F)(F)F. The molecule has 5 nitrogen and oxygen atoms in total. The second-order valence-corrected chi connectivity index (χ2v) is 8.08. The minimum absolute atomic E-state index is 0.211. The highest BCUT2D eigenvalue weighted by atomic mass is 32.1. The molecule has 0 atom stereocenters. The van der Waals surface area contributed by atoms with Crippen molar-refractivity contribution in [2.24, 2.45) is 0 Å². The van der Waals surface area contributed by atoms with E-state index < -0.39 is 30.7 Å². The minimum Gasteiger partial charge on any atom is -0.328 e.